The smallest absolute Gasteiger partial charge is 0.251 e. The van der Waals surface area contributed by atoms with Crippen LogP contribution in [0.25, 0.3) is 0 Å². The third-order valence-electron chi connectivity index (χ3n) is 3.30. The standard InChI is InChI=1S/C17H28N4O.HI/c1-3-5-11-19-16(22)15-9-7-14(8-10-15)13-21-17(18)20-12-6-4-2;/h7-10H,3-6,11-13H2,1-2H3,(H,19,22)(H3,18,20,21);1H. The third kappa shape index (κ3) is 9.43. The Hall–Kier alpha value is -1.31. The first-order chi connectivity index (χ1) is 10.7. The Labute approximate surface area is 156 Å². The Balaban J connectivity index is 0.00000484. The highest BCUT2D eigenvalue weighted by molar-refractivity contribution is 14.0. The zero-order chi connectivity index (χ0) is 16.2. The molecule has 4 N–H and O–H groups in total. The van der Waals surface area contributed by atoms with E-state index in [2.05, 4.69) is 29.5 Å². The fourth-order valence-electron chi connectivity index (χ4n) is 1.87. The van der Waals surface area contributed by atoms with E-state index in [1.807, 2.05) is 24.3 Å². The van der Waals surface area contributed by atoms with Crippen molar-refractivity contribution < 1.29 is 4.79 Å². The van der Waals surface area contributed by atoms with Crippen molar-refractivity contribution in [3.05, 3.63) is 35.4 Å². The molecule has 5 nitrogen and oxygen atoms in total. The summed E-state index contributed by atoms with van der Waals surface area (Å²) in [6, 6.07) is 7.48. The van der Waals surface area contributed by atoms with Gasteiger partial charge in [-0.3, -0.25) is 4.79 Å². The van der Waals surface area contributed by atoms with Crippen LogP contribution in [-0.2, 0) is 6.54 Å². The van der Waals surface area contributed by atoms with Gasteiger partial charge in [-0.15, -0.1) is 24.0 Å². The Morgan fingerprint density at radius 2 is 1.61 bits per heavy atom. The molecular formula is C17H29IN4O. The number of amides is 1. The lowest BCUT2D eigenvalue weighted by Crippen LogP contribution is -2.32. The summed E-state index contributed by atoms with van der Waals surface area (Å²) in [5, 5.41) is 5.98. The van der Waals surface area contributed by atoms with Crippen molar-refractivity contribution in [2.75, 3.05) is 13.1 Å². The predicted molar refractivity (Wildman–Crippen MR) is 107 cm³/mol. The van der Waals surface area contributed by atoms with Crippen LogP contribution in [0.3, 0.4) is 0 Å². The van der Waals surface area contributed by atoms with E-state index in [9.17, 15) is 4.79 Å². The number of carbonyl (C=O) groups is 1. The quantitative estimate of drug-likeness (QED) is 0.243. The second-order valence-electron chi connectivity index (χ2n) is 5.29. The molecule has 0 aromatic heterocycles. The molecule has 130 valence electrons. The number of aliphatic imine (C=N–C) groups is 1. The highest BCUT2D eigenvalue weighted by Gasteiger charge is 2.04. The minimum Gasteiger partial charge on any atom is -0.370 e. The number of nitrogens with zero attached hydrogens (tertiary/aromatic N) is 1. The maximum Gasteiger partial charge on any atom is 0.251 e. The molecule has 0 aliphatic carbocycles. The third-order valence-corrected chi connectivity index (χ3v) is 3.30. The van der Waals surface area contributed by atoms with Gasteiger partial charge in [0.15, 0.2) is 5.96 Å². The SMILES string of the molecule is CCCCNC(=O)c1ccc(CN=C(N)NCCCC)cc1.I. The van der Waals surface area contributed by atoms with Crippen LogP contribution >= 0.6 is 24.0 Å². The monoisotopic (exact) mass is 432 g/mol. The maximum absolute atomic E-state index is 11.9. The van der Waals surface area contributed by atoms with Gasteiger partial charge in [-0.25, -0.2) is 4.99 Å². The summed E-state index contributed by atoms with van der Waals surface area (Å²) in [4.78, 5) is 16.2. The Bertz CT molecular complexity index is 474. The molecule has 1 aromatic carbocycles. The van der Waals surface area contributed by atoms with Crippen molar-refractivity contribution in [3.8, 4) is 0 Å². The first kappa shape index (κ1) is 21.7. The zero-order valence-electron chi connectivity index (χ0n) is 14.1. The summed E-state index contributed by atoms with van der Waals surface area (Å²) in [5.41, 5.74) is 7.49. The molecule has 23 heavy (non-hydrogen) atoms. The molecule has 0 bridgehead atoms. The highest BCUT2D eigenvalue weighted by Crippen LogP contribution is 2.06. The lowest BCUT2D eigenvalue weighted by molar-refractivity contribution is 0.0953. The van der Waals surface area contributed by atoms with Crippen molar-refractivity contribution >= 4 is 35.8 Å². The first-order valence-corrected chi connectivity index (χ1v) is 8.08. The minimum absolute atomic E-state index is 0. The fraction of sp³-hybridized carbons (Fsp3) is 0.529. The molecule has 0 aliphatic rings. The predicted octanol–water partition coefficient (Wildman–Crippen LogP) is 3.04. The van der Waals surface area contributed by atoms with E-state index in [1.54, 1.807) is 0 Å². The number of carbonyl (C=O) groups excluding carboxylic acids is 1. The summed E-state index contributed by atoms with van der Waals surface area (Å²) >= 11 is 0. The van der Waals surface area contributed by atoms with Gasteiger partial charge in [0.25, 0.3) is 5.91 Å². The number of hydrogen-bond acceptors (Lipinski definition) is 2. The van der Waals surface area contributed by atoms with Crippen molar-refractivity contribution in [1.29, 1.82) is 0 Å². The molecule has 0 fully saturated rings. The van der Waals surface area contributed by atoms with E-state index >= 15 is 0 Å². The average Bonchev–Trinajstić information content (AvgIpc) is 2.54. The molecule has 1 amide bonds. The first-order valence-electron chi connectivity index (χ1n) is 8.08. The van der Waals surface area contributed by atoms with E-state index in [-0.39, 0.29) is 29.9 Å². The van der Waals surface area contributed by atoms with Crippen molar-refractivity contribution in [2.24, 2.45) is 10.7 Å². The van der Waals surface area contributed by atoms with Crippen LogP contribution in [0.4, 0.5) is 0 Å². The van der Waals surface area contributed by atoms with Crippen LogP contribution in [0, 0.1) is 0 Å². The molecule has 0 saturated heterocycles. The summed E-state index contributed by atoms with van der Waals surface area (Å²) in [6.07, 6.45) is 4.29. The number of hydrogen-bond donors (Lipinski definition) is 3. The van der Waals surface area contributed by atoms with Crippen molar-refractivity contribution in [2.45, 2.75) is 46.1 Å². The molecule has 1 aromatic rings. The highest BCUT2D eigenvalue weighted by atomic mass is 127. The fourth-order valence-corrected chi connectivity index (χ4v) is 1.87. The zero-order valence-corrected chi connectivity index (χ0v) is 16.4. The Morgan fingerprint density at radius 3 is 2.17 bits per heavy atom. The normalized spacial score (nSPS) is 10.8. The van der Waals surface area contributed by atoms with Crippen LogP contribution in [0.1, 0.15) is 55.5 Å². The number of halogens is 1. The van der Waals surface area contributed by atoms with Gasteiger partial charge in [0.1, 0.15) is 0 Å². The molecule has 0 unspecified atom stereocenters. The maximum atomic E-state index is 11.9. The van der Waals surface area contributed by atoms with Gasteiger partial charge in [-0.05, 0) is 30.5 Å². The van der Waals surface area contributed by atoms with Gasteiger partial charge in [0.05, 0.1) is 6.54 Å². The largest absolute Gasteiger partial charge is 0.370 e. The number of guanidine groups is 1. The number of rotatable bonds is 9. The molecule has 0 atom stereocenters. The molecule has 0 aliphatic heterocycles. The molecule has 0 heterocycles. The van der Waals surface area contributed by atoms with Gasteiger partial charge in [-0.1, -0.05) is 38.8 Å². The molecule has 0 spiro atoms. The van der Waals surface area contributed by atoms with Gasteiger partial charge < -0.3 is 16.4 Å². The van der Waals surface area contributed by atoms with Crippen LogP contribution in [0.15, 0.2) is 29.3 Å². The molecular weight excluding hydrogens is 403 g/mol. The van der Waals surface area contributed by atoms with Crippen LogP contribution in [0.5, 0.6) is 0 Å². The number of nitrogens with one attached hydrogen (secondary N) is 2. The second-order valence-corrected chi connectivity index (χ2v) is 5.29. The van der Waals surface area contributed by atoms with E-state index in [1.165, 1.54) is 0 Å². The number of benzene rings is 1. The van der Waals surface area contributed by atoms with Gasteiger partial charge in [0, 0.05) is 18.7 Å². The molecule has 1 rings (SSSR count). The molecule has 0 saturated carbocycles. The van der Waals surface area contributed by atoms with Crippen molar-refractivity contribution in [3.63, 3.8) is 0 Å². The van der Waals surface area contributed by atoms with Gasteiger partial charge >= 0.3 is 0 Å². The lowest BCUT2D eigenvalue weighted by atomic mass is 10.1. The van der Waals surface area contributed by atoms with E-state index < -0.39 is 0 Å². The molecule has 0 radical (unpaired) electrons. The van der Waals surface area contributed by atoms with Gasteiger partial charge in [0.2, 0.25) is 0 Å². The van der Waals surface area contributed by atoms with E-state index in [0.717, 1.165) is 44.3 Å². The van der Waals surface area contributed by atoms with E-state index in [4.69, 9.17) is 5.73 Å². The van der Waals surface area contributed by atoms with Crippen LogP contribution < -0.4 is 16.4 Å². The molecule has 6 heteroatoms. The topological polar surface area (TPSA) is 79.5 Å². The van der Waals surface area contributed by atoms with E-state index in [0.29, 0.717) is 18.1 Å². The Kier molecular flexibility index (Phi) is 12.4. The number of unbranched alkanes of at least 4 members (excludes halogenated alkanes) is 2. The minimum atomic E-state index is -0.0238. The summed E-state index contributed by atoms with van der Waals surface area (Å²) in [7, 11) is 0. The summed E-state index contributed by atoms with van der Waals surface area (Å²) in [5.74, 6) is 0.444. The van der Waals surface area contributed by atoms with Gasteiger partial charge in [-0.2, -0.15) is 0 Å². The number of nitrogens with two attached hydrogens (primary N) is 1. The summed E-state index contributed by atoms with van der Waals surface area (Å²) in [6.45, 7) is 6.33. The summed E-state index contributed by atoms with van der Waals surface area (Å²) < 4.78 is 0. The van der Waals surface area contributed by atoms with Crippen molar-refractivity contribution in [1.82, 2.24) is 10.6 Å². The lowest BCUT2D eigenvalue weighted by Gasteiger charge is -2.06. The Morgan fingerprint density at radius 1 is 1.04 bits per heavy atom. The van der Waals surface area contributed by atoms with Crippen LogP contribution in [-0.4, -0.2) is 25.0 Å². The van der Waals surface area contributed by atoms with Crippen LogP contribution in [0.2, 0.25) is 0 Å². The average molecular weight is 432 g/mol. The second kappa shape index (κ2) is 13.2.